The molecule has 0 aliphatic carbocycles. The molecule has 1 aromatic rings. The number of fused-ring (bicyclic) bond motifs is 1. The maximum absolute atomic E-state index is 13.5. The average Bonchev–Trinajstić information content (AvgIpc) is 3.34. The van der Waals surface area contributed by atoms with E-state index in [1.165, 1.54) is 16.7 Å². The highest BCUT2D eigenvalue weighted by Gasteiger charge is 2.47. The predicted octanol–water partition coefficient (Wildman–Crippen LogP) is 3.57. The van der Waals surface area contributed by atoms with E-state index in [1.807, 2.05) is 4.90 Å². The smallest absolute Gasteiger partial charge is 0.336 e. The number of piperidine rings is 2. The summed E-state index contributed by atoms with van der Waals surface area (Å²) in [7, 11) is 0. The number of nitrogens with zero attached hydrogens (tertiary/aromatic N) is 2. The van der Waals surface area contributed by atoms with Gasteiger partial charge in [-0.25, -0.2) is 4.79 Å². The highest BCUT2D eigenvalue weighted by atomic mass is 16.5. The van der Waals surface area contributed by atoms with E-state index in [2.05, 4.69) is 30.5 Å². The summed E-state index contributed by atoms with van der Waals surface area (Å²) >= 11 is 0. The third kappa shape index (κ3) is 3.45. The minimum Gasteiger partial charge on any atom is -0.489 e. The Bertz CT molecular complexity index is 1020. The number of rotatable bonds is 4. The van der Waals surface area contributed by atoms with Crippen molar-refractivity contribution in [2.24, 2.45) is 5.41 Å². The molecule has 6 nitrogen and oxygen atoms in total. The molecule has 32 heavy (non-hydrogen) atoms. The van der Waals surface area contributed by atoms with E-state index in [-0.39, 0.29) is 23.9 Å². The number of carbonyl (C=O) groups is 2. The molecule has 2 saturated heterocycles. The lowest BCUT2D eigenvalue weighted by Crippen LogP contribution is -2.53. The minimum atomic E-state index is -0.292. The monoisotopic (exact) mass is 436 g/mol. The molecule has 0 aromatic heterocycles. The largest absolute Gasteiger partial charge is 0.489 e. The van der Waals surface area contributed by atoms with Gasteiger partial charge in [0.25, 0.3) is 0 Å². The molecule has 4 aliphatic heterocycles. The Morgan fingerprint density at radius 2 is 1.81 bits per heavy atom. The van der Waals surface area contributed by atoms with E-state index in [1.54, 1.807) is 6.92 Å². The van der Waals surface area contributed by atoms with Crippen LogP contribution in [0.2, 0.25) is 0 Å². The number of ether oxygens (including phenoxy) is 2. The summed E-state index contributed by atoms with van der Waals surface area (Å²) in [4.78, 5) is 29.6. The van der Waals surface area contributed by atoms with E-state index in [9.17, 15) is 9.59 Å². The first-order valence-corrected chi connectivity index (χ1v) is 11.7. The van der Waals surface area contributed by atoms with Gasteiger partial charge >= 0.3 is 5.97 Å². The molecule has 0 N–H and O–H groups in total. The quantitative estimate of drug-likeness (QED) is 0.676. The van der Waals surface area contributed by atoms with Crippen LogP contribution < -0.4 is 0 Å². The molecule has 1 spiro atoms. The Labute approximate surface area is 189 Å². The fraction of sp³-hybridized carbons (Fsp3) is 0.538. The van der Waals surface area contributed by atoms with Crippen molar-refractivity contribution in [3.8, 4) is 0 Å². The highest BCUT2D eigenvalue weighted by Crippen LogP contribution is 2.43. The first-order valence-electron chi connectivity index (χ1n) is 11.7. The van der Waals surface area contributed by atoms with Crippen LogP contribution in [0.5, 0.6) is 0 Å². The van der Waals surface area contributed by atoms with Gasteiger partial charge in [-0.2, -0.15) is 0 Å². The zero-order valence-electron chi connectivity index (χ0n) is 19.2. The van der Waals surface area contributed by atoms with Crippen molar-refractivity contribution in [3.05, 3.63) is 52.2 Å². The molecule has 5 rings (SSSR count). The maximum Gasteiger partial charge on any atom is 0.336 e. The van der Waals surface area contributed by atoms with Gasteiger partial charge in [0.05, 0.1) is 16.7 Å². The lowest BCUT2D eigenvalue weighted by atomic mass is 9.71. The van der Waals surface area contributed by atoms with E-state index < -0.39 is 0 Å². The summed E-state index contributed by atoms with van der Waals surface area (Å²) in [5, 5.41) is 0. The summed E-state index contributed by atoms with van der Waals surface area (Å²) in [6.45, 7) is 12.4. The third-order valence-electron chi connectivity index (χ3n) is 8.05. The second-order valence-corrected chi connectivity index (χ2v) is 9.67. The molecule has 4 heterocycles. The SMILES string of the molecule is C=C1OCc2c1ccc(CCN1CCC3(CCCN(C4=C(C)C(=O)OC4)C3=O)CC1)c2C. The van der Waals surface area contributed by atoms with Gasteiger partial charge in [-0.3, -0.25) is 4.79 Å². The van der Waals surface area contributed by atoms with Crippen LogP contribution in [0.3, 0.4) is 0 Å². The first kappa shape index (κ1) is 21.3. The van der Waals surface area contributed by atoms with Crippen LogP contribution in [-0.2, 0) is 32.1 Å². The van der Waals surface area contributed by atoms with Gasteiger partial charge in [0.2, 0.25) is 5.91 Å². The number of likely N-dealkylation sites (tertiary alicyclic amines) is 2. The molecule has 1 aromatic carbocycles. The number of esters is 1. The van der Waals surface area contributed by atoms with E-state index in [0.717, 1.165) is 68.8 Å². The van der Waals surface area contributed by atoms with Crippen LogP contribution in [0, 0.1) is 12.3 Å². The summed E-state index contributed by atoms with van der Waals surface area (Å²) in [6.07, 6.45) is 4.72. The molecule has 0 radical (unpaired) electrons. The molecule has 4 aliphatic rings. The molecule has 2 fully saturated rings. The van der Waals surface area contributed by atoms with E-state index in [4.69, 9.17) is 9.47 Å². The molecular weight excluding hydrogens is 404 g/mol. The second-order valence-electron chi connectivity index (χ2n) is 9.67. The number of amides is 1. The van der Waals surface area contributed by atoms with Crippen LogP contribution >= 0.6 is 0 Å². The normalized spacial score (nSPS) is 23.1. The van der Waals surface area contributed by atoms with Crippen molar-refractivity contribution < 1.29 is 19.1 Å². The molecule has 0 bridgehead atoms. The fourth-order valence-electron chi connectivity index (χ4n) is 5.78. The van der Waals surface area contributed by atoms with Crippen LogP contribution in [0.4, 0.5) is 0 Å². The Balaban J connectivity index is 1.21. The molecule has 1 amide bonds. The van der Waals surface area contributed by atoms with Crippen molar-refractivity contribution in [1.82, 2.24) is 9.80 Å². The third-order valence-corrected chi connectivity index (χ3v) is 8.05. The van der Waals surface area contributed by atoms with Crippen LogP contribution in [0.25, 0.3) is 5.76 Å². The minimum absolute atomic E-state index is 0.200. The Morgan fingerprint density at radius 1 is 1.03 bits per heavy atom. The average molecular weight is 437 g/mol. The van der Waals surface area contributed by atoms with E-state index >= 15 is 0 Å². The number of benzene rings is 1. The summed E-state index contributed by atoms with van der Waals surface area (Å²) in [5.41, 5.74) is 6.20. The first-order chi connectivity index (χ1) is 15.4. The Morgan fingerprint density at radius 3 is 2.53 bits per heavy atom. The molecule has 0 unspecified atom stereocenters. The summed E-state index contributed by atoms with van der Waals surface area (Å²) in [5.74, 6) is 0.687. The zero-order valence-corrected chi connectivity index (χ0v) is 19.2. The van der Waals surface area contributed by atoms with Gasteiger partial charge in [-0.1, -0.05) is 18.7 Å². The van der Waals surface area contributed by atoms with Crippen LogP contribution in [0.15, 0.2) is 30.0 Å². The van der Waals surface area contributed by atoms with Crippen LogP contribution in [0.1, 0.15) is 54.9 Å². The fourth-order valence-corrected chi connectivity index (χ4v) is 5.78. The van der Waals surface area contributed by atoms with Crippen molar-refractivity contribution >= 4 is 17.6 Å². The van der Waals surface area contributed by atoms with Gasteiger partial charge < -0.3 is 19.3 Å². The maximum atomic E-state index is 13.5. The zero-order chi connectivity index (χ0) is 22.5. The van der Waals surface area contributed by atoms with Gasteiger partial charge in [0, 0.05) is 24.2 Å². The molecule has 6 heteroatoms. The molecule has 0 atom stereocenters. The summed E-state index contributed by atoms with van der Waals surface area (Å²) in [6, 6.07) is 4.35. The van der Waals surface area contributed by atoms with Gasteiger partial charge in [-0.15, -0.1) is 0 Å². The lowest BCUT2D eigenvalue weighted by Gasteiger charge is -2.46. The topological polar surface area (TPSA) is 59.1 Å². The number of cyclic esters (lactones) is 1. The number of carbonyl (C=O) groups excluding carboxylic acids is 2. The Kier molecular flexibility index (Phi) is 5.36. The van der Waals surface area contributed by atoms with Gasteiger partial charge in [-0.05, 0) is 70.2 Å². The van der Waals surface area contributed by atoms with Gasteiger partial charge in [0.15, 0.2) is 0 Å². The predicted molar refractivity (Wildman–Crippen MR) is 121 cm³/mol. The number of hydrogen-bond donors (Lipinski definition) is 0. The number of hydrogen-bond acceptors (Lipinski definition) is 5. The molecule has 170 valence electrons. The highest BCUT2D eigenvalue weighted by molar-refractivity contribution is 5.93. The molecule has 0 saturated carbocycles. The van der Waals surface area contributed by atoms with Crippen LogP contribution in [-0.4, -0.2) is 54.5 Å². The van der Waals surface area contributed by atoms with Crippen molar-refractivity contribution in [1.29, 1.82) is 0 Å². The lowest BCUT2D eigenvalue weighted by molar-refractivity contribution is -0.148. The summed E-state index contributed by atoms with van der Waals surface area (Å²) < 4.78 is 10.8. The second kappa shape index (κ2) is 8.07. The van der Waals surface area contributed by atoms with Crippen molar-refractivity contribution in [2.45, 2.75) is 52.6 Å². The Hall–Kier alpha value is -2.60. The van der Waals surface area contributed by atoms with Crippen molar-refractivity contribution in [3.63, 3.8) is 0 Å². The molecular formula is C26H32N2O4. The standard InChI is InChI=1S/C26H32N2O4/c1-17-20(5-6-21-19(3)31-15-22(17)21)7-12-27-13-9-26(10-14-27)8-4-11-28(25(26)30)23-16-32-24(29)18(23)2/h5-6H,3-4,7-16H2,1-2H3. The van der Waals surface area contributed by atoms with E-state index in [0.29, 0.717) is 18.7 Å². The van der Waals surface area contributed by atoms with Crippen molar-refractivity contribution in [2.75, 3.05) is 32.8 Å². The van der Waals surface area contributed by atoms with Gasteiger partial charge in [0.1, 0.15) is 19.0 Å².